The summed E-state index contributed by atoms with van der Waals surface area (Å²) in [5.41, 5.74) is 0.198. The molecule has 1 saturated heterocycles. The number of amides is 2. The SMILES string of the molecule is O=C1NCCN(C(=O)OCc2ccccc2)C[C@@H]1Nc1nc2c(C(F)(F)F)cccc2c2nc(-c3cnn(C4CC4)c3)nn12. The number of aromatic nitrogens is 6. The molecule has 2 aromatic carbocycles. The number of para-hydroxylation sites is 1. The minimum Gasteiger partial charge on any atom is -0.445 e. The van der Waals surface area contributed by atoms with Gasteiger partial charge < -0.3 is 20.3 Å². The number of anilines is 1. The summed E-state index contributed by atoms with van der Waals surface area (Å²) in [6, 6.07) is 12.1. The minimum absolute atomic E-state index is 0.0434. The van der Waals surface area contributed by atoms with E-state index in [1.165, 1.54) is 21.5 Å². The van der Waals surface area contributed by atoms with Crippen LogP contribution >= 0.6 is 0 Å². The zero-order valence-corrected chi connectivity index (χ0v) is 23.2. The first kappa shape index (κ1) is 27.6. The molecule has 15 heteroatoms. The molecule has 12 nitrogen and oxygen atoms in total. The molecule has 0 bridgehead atoms. The molecule has 2 amide bonds. The predicted molar refractivity (Wildman–Crippen MR) is 151 cm³/mol. The zero-order chi connectivity index (χ0) is 30.4. The number of nitrogens with zero attached hydrogens (tertiary/aromatic N) is 7. The Bertz CT molecular complexity index is 1870. The van der Waals surface area contributed by atoms with Gasteiger partial charge in [-0.15, -0.1) is 5.10 Å². The maximum absolute atomic E-state index is 14.1. The summed E-state index contributed by atoms with van der Waals surface area (Å²) in [4.78, 5) is 36.3. The summed E-state index contributed by atoms with van der Waals surface area (Å²) in [7, 11) is 0. The number of hydrogen-bond acceptors (Lipinski definition) is 8. The number of alkyl halides is 3. The molecule has 3 aromatic heterocycles. The molecule has 0 spiro atoms. The Morgan fingerprint density at radius 3 is 2.68 bits per heavy atom. The van der Waals surface area contributed by atoms with E-state index in [1.807, 2.05) is 35.0 Å². The summed E-state index contributed by atoms with van der Waals surface area (Å²) in [6.45, 7) is 0.253. The predicted octanol–water partition coefficient (Wildman–Crippen LogP) is 4.04. The largest absolute Gasteiger partial charge is 0.445 e. The second kappa shape index (κ2) is 10.8. The van der Waals surface area contributed by atoms with Gasteiger partial charge in [-0.2, -0.15) is 22.8 Å². The molecule has 4 heterocycles. The minimum atomic E-state index is -4.70. The van der Waals surface area contributed by atoms with Gasteiger partial charge >= 0.3 is 12.3 Å². The Morgan fingerprint density at radius 2 is 1.91 bits per heavy atom. The van der Waals surface area contributed by atoms with E-state index in [4.69, 9.17) is 4.74 Å². The highest BCUT2D eigenvalue weighted by Crippen LogP contribution is 2.37. The molecule has 1 atom stereocenters. The van der Waals surface area contributed by atoms with E-state index in [0.29, 0.717) is 11.6 Å². The summed E-state index contributed by atoms with van der Waals surface area (Å²) in [5, 5.41) is 14.7. The van der Waals surface area contributed by atoms with Crippen molar-refractivity contribution in [2.24, 2.45) is 0 Å². The van der Waals surface area contributed by atoms with Crippen LogP contribution in [0.4, 0.5) is 23.9 Å². The number of hydrogen-bond donors (Lipinski definition) is 2. The van der Waals surface area contributed by atoms with Crippen molar-refractivity contribution in [3.8, 4) is 11.4 Å². The van der Waals surface area contributed by atoms with E-state index in [-0.39, 0.29) is 54.6 Å². The van der Waals surface area contributed by atoms with Gasteiger partial charge in [-0.05, 0) is 30.5 Å². The van der Waals surface area contributed by atoms with Crippen molar-refractivity contribution < 1.29 is 27.5 Å². The van der Waals surface area contributed by atoms with Crippen LogP contribution in [0.15, 0.2) is 60.9 Å². The van der Waals surface area contributed by atoms with Gasteiger partial charge in [0.1, 0.15) is 12.6 Å². The lowest BCUT2D eigenvalue weighted by atomic mass is 10.1. The highest BCUT2D eigenvalue weighted by molar-refractivity contribution is 5.95. The number of ether oxygens (including phenoxy) is 1. The van der Waals surface area contributed by atoms with E-state index in [2.05, 4.69) is 30.8 Å². The van der Waals surface area contributed by atoms with Crippen molar-refractivity contribution in [1.29, 1.82) is 0 Å². The van der Waals surface area contributed by atoms with Gasteiger partial charge in [-0.25, -0.2) is 14.8 Å². The Kier molecular flexibility index (Phi) is 6.78. The monoisotopic (exact) mass is 605 g/mol. The zero-order valence-electron chi connectivity index (χ0n) is 23.2. The van der Waals surface area contributed by atoms with Gasteiger partial charge in [0, 0.05) is 24.7 Å². The van der Waals surface area contributed by atoms with Crippen LogP contribution < -0.4 is 10.6 Å². The van der Waals surface area contributed by atoms with Gasteiger partial charge in [0.2, 0.25) is 11.9 Å². The first-order valence-electron chi connectivity index (χ1n) is 14.1. The fourth-order valence-corrected chi connectivity index (χ4v) is 5.14. The average molecular weight is 606 g/mol. The van der Waals surface area contributed by atoms with Crippen LogP contribution in [0.3, 0.4) is 0 Å². The van der Waals surface area contributed by atoms with Crippen LogP contribution in [-0.4, -0.2) is 71.9 Å². The van der Waals surface area contributed by atoms with E-state index >= 15 is 0 Å². The first-order chi connectivity index (χ1) is 21.2. The van der Waals surface area contributed by atoms with Crippen molar-refractivity contribution >= 4 is 34.5 Å². The third-order valence-electron chi connectivity index (χ3n) is 7.56. The molecule has 226 valence electrons. The number of carbonyl (C=O) groups excluding carboxylic acids is 2. The second-order valence-corrected chi connectivity index (χ2v) is 10.7. The van der Waals surface area contributed by atoms with Crippen molar-refractivity contribution in [3.63, 3.8) is 0 Å². The second-order valence-electron chi connectivity index (χ2n) is 10.7. The molecular weight excluding hydrogens is 579 g/mol. The van der Waals surface area contributed by atoms with Gasteiger partial charge in [0.05, 0.1) is 35.4 Å². The van der Waals surface area contributed by atoms with Gasteiger partial charge in [0.25, 0.3) is 0 Å². The molecule has 0 unspecified atom stereocenters. The Balaban J connectivity index is 1.25. The maximum atomic E-state index is 14.1. The normalized spacial score (nSPS) is 17.5. The van der Waals surface area contributed by atoms with E-state index in [1.54, 1.807) is 12.4 Å². The van der Waals surface area contributed by atoms with Crippen LogP contribution in [-0.2, 0) is 22.3 Å². The smallest absolute Gasteiger partial charge is 0.418 e. The van der Waals surface area contributed by atoms with E-state index < -0.39 is 29.8 Å². The van der Waals surface area contributed by atoms with Crippen molar-refractivity contribution in [3.05, 3.63) is 72.1 Å². The maximum Gasteiger partial charge on any atom is 0.418 e. The lowest BCUT2D eigenvalue weighted by Crippen LogP contribution is -2.44. The molecule has 44 heavy (non-hydrogen) atoms. The molecule has 0 radical (unpaired) electrons. The number of benzene rings is 2. The molecule has 1 saturated carbocycles. The van der Waals surface area contributed by atoms with Crippen molar-refractivity contribution in [2.45, 2.75) is 37.7 Å². The number of halogens is 3. The van der Waals surface area contributed by atoms with Gasteiger partial charge in [-0.3, -0.25) is 9.48 Å². The average Bonchev–Trinajstić information content (AvgIpc) is 3.62. The first-order valence-corrected chi connectivity index (χ1v) is 14.1. The quantitative estimate of drug-likeness (QED) is 0.297. The van der Waals surface area contributed by atoms with E-state index in [0.717, 1.165) is 24.5 Å². The lowest BCUT2D eigenvalue weighted by molar-refractivity contribution is -0.136. The topological polar surface area (TPSA) is 132 Å². The highest BCUT2D eigenvalue weighted by atomic mass is 19.4. The summed E-state index contributed by atoms with van der Waals surface area (Å²) in [6.07, 6.45) is 0.104. The molecule has 1 aliphatic heterocycles. The molecule has 2 N–H and O–H groups in total. The van der Waals surface area contributed by atoms with Crippen LogP contribution in [0.2, 0.25) is 0 Å². The Morgan fingerprint density at radius 1 is 1.09 bits per heavy atom. The van der Waals surface area contributed by atoms with Gasteiger partial charge in [0.15, 0.2) is 11.5 Å². The summed E-state index contributed by atoms with van der Waals surface area (Å²) < 4.78 is 50.8. The number of rotatable bonds is 6. The molecule has 2 aliphatic rings. The van der Waals surface area contributed by atoms with Crippen molar-refractivity contribution in [1.82, 2.24) is 39.6 Å². The number of nitrogens with one attached hydrogen (secondary N) is 2. The number of carbonyl (C=O) groups is 2. The molecule has 1 aliphatic carbocycles. The summed E-state index contributed by atoms with van der Waals surface area (Å²) >= 11 is 0. The summed E-state index contributed by atoms with van der Waals surface area (Å²) in [5.74, 6) is -0.367. The molecule has 2 fully saturated rings. The van der Waals surface area contributed by atoms with Gasteiger partial charge in [-0.1, -0.05) is 36.4 Å². The highest BCUT2D eigenvalue weighted by Gasteiger charge is 2.35. The number of fused-ring (bicyclic) bond motifs is 3. The molecule has 5 aromatic rings. The lowest BCUT2D eigenvalue weighted by Gasteiger charge is -2.23. The standard InChI is InChI=1S/C29H26F3N9O3/c30-29(31,32)21-8-4-7-20-23(21)36-27(41-25(20)37-24(38-41)18-13-34-40(14-18)19-9-10-19)35-22-15-39(12-11-33-26(22)42)28(43)44-16-17-5-2-1-3-6-17/h1-8,13-14,19,22H,9-12,15-16H2,(H,33,42)(H,35,36)/t22-/m0/s1. The fraction of sp³-hybridized carbons (Fsp3) is 0.310. The Labute approximate surface area is 247 Å². The van der Waals surface area contributed by atoms with Crippen LogP contribution in [0.25, 0.3) is 27.9 Å². The van der Waals surface area contributed by atoms with Crippen LogP contribution in [0.1, 0.15) is 30.0 Å². The van der Waals surface area contributed by atoms with E-state index in [9.17, 15) is 22.8 Å². The van der Waals surface area contributed by atoms with Crippen LogP contribution in [0.5, 0.6) is 0 Å². The molecular formula is C29H26F3N9O3. The Hall–Kier alpha value is -5.21. The fourth-order valence-electron chi connectivity index (χ4n) is 5.14. The third kappa shape index (κ3) is 5.36. The molecule has 7 rings (SSSR count). The van der Waals surface area contributed by atoms with Crippen LogP contribution in [0, 0.1) is 0 Å². The van der Waals surface area contributed by atoms with Crippen molar-refractivity contribution in [2.75, 3.05) is 25.0 Å². The third-order valence-corrected chi connectivity index (χ3v) is 7.56.